The fraction of sp³-hybridized carbons (Fsp3) is 0.188. The van der Waals surface area contributed by atoms with Gasteiger partial charge in [-0.3, -0.25) is 0 Å². The Morgan fingerprint density at radius 3 is 2.67 bits per heavy atom. The van der Waals surface area contributed by atoms with Crippen molar-refractivity contribution in [3.05, 3.63) is 59.9 Å². The van der Waals surface area contributed by atoms with Gasteiger partial charge in [0.1, 0.15) is 5.82 Å². The lowest BCUT2D eigenvalue weighted by Crippen LogP contribution is -2.30. The second kappa shape index (κ2) is 8.00. The first-order valence-corrected chi connectivity index (χ1v) is 8.03. The van der Waals surface area contributed by atoms with Crippen LogP contribution in [0.3, 0.4) is 0 Å². The van der Waals surface area contributed by atoms with Crippen molar-refractivity contribution < 1.29 is 4.39 Å². The van der Waals surface area contributed by atoms with Crippen LogP contribution in [0.1, 0.15) is 5.56 Å². The average molecular weight is 320 g/mol. The molecule has 0 fully saturated rings. The van der Waals surface area contributed by atoms with Gasteiger partial charge in [0.25, 0.3) is 0 Å². The van der Waals surface area contributed by atoms with Gasteiger partial charge in [0.2, 0.25) is 0 Å². The van der Waals surface area contributed by atoms with Crippen molar-refractivity contribution in [2.45, 2.75) is 11.8 Å². The van der Waals surface area contributed by atoms with E-state index in [0.29, 0.717) is 5.11 Å². The third-order valence-electron chi connectivity index (χ3n) is 2.84. The van der Waals surface area contributed by atoms with Crippen LogP contribution in [-0.2, 0) is 0 Å². The summed E-state index contributed by atoms with van der Waals surface area (Å²) in [6, 6.07) is 14.8. The fourth-order valence-electron chi connectivity index (χ4n) is 1.78. The number of hydrogen-bond acceptors (Lipinski definition) is 2. The van der Waals surface area contributed by atoms with Gasteiger partial charge < -0.3 is 10.6 Å². The topological polar surface area (TPSA) is 24.1 Å². The molecule has 2 rings (SSSR count). The van der Waals surface area contributed by atoms with Crippen molar-refractivity contribution >= 4 is 34.8 Å². The quantitative estimate of drug-likeness (QED) is 0.489. The molecule has 2 aromatic carbocycles. The molecule has 21 heavy (non-hydrogen) atoms. The van der Waals surface area contributed by atoms with Gasteiger partial charge in [-0.15, -0.1) is 11.8 Å². The number of thiocarbonyl (C=S) groups is 1. The predicted octanol–water partition coefficient (Wildman–Crippen LogP) is 4.21. The van der Waals surface area contributed by atoms with Gasteiger partial charge in [-0.25, -0.2) is 4.39 Å². The minimum Gasteiger partial charge on any atom is -0.362 e. The Hall–Kier alpha value is -1.59. The van der Waals surface area contributed by atoms with Crippen LogP contribution in [0.25, 0.3) is 0 Å². The van der Waals surface area contributed by atoms with E-state index in [0.717, 1.165) is 23.5 Å². The van der Waals surface area contributed by atoms with E-state index >= 15 is 0 Å². The molecule has 2 N–H and O–H groups in total. The number of anilines is 1. The number of rotatable bonds is 5. The second-order valence-electron chi connectivity index (χ2n) is 4.50. The average Bonchev–Trinajstić information content (AvgIpc) is 2.48. The molecule has 0 aliphatic carbocycles. The van der Waals surface area contributed by atoms with Gasteiger partial charge in [0.05, 0.1) is 0 Å². The summed E-state index contributed by atoms with van der Waals surface area (Å²) in [5.41, 5.74) is 1.66. The summed E-state index contributed by atoms with van der Waals surface area (Å²) in [6.07, 6.45) is 0. The zero-order chi connectivity index (χ0) is 15.1. The smallest absolute Gasteiger partial charge is 0.170 e. The molecule has 0 radical (unpaired) electrons. The molecule has 2 nitrogen and oxygen atoms in total. The molecule has 110 valence electrons. The maximum atomic E-state index is 13.0. The van der Waals surface area contributed by atoms with E-state index in [2.05, 4.69) is 22.8 Å². The van der Waals surface area contributed by atoms with Gasteiger partial charge in [-0.2, -0.15) is 0 Å². The summed E-state index contributed by atoms with van der Waals surface area (Å²) >= 11 is 7.01. The van der Waals surface area contributed by atoms with Crippen LogP contribution in [0, 0.1) is 12.7 Å². The molecular formula is C16H17FN2S2. The van der Waals surface area contributed by atoms with E-state index < -0.39 is 0 Å². The number of hydrogen-bond donors (Lipinski definition) is 2. The Morgan fingerprint density at radius 2 is 1.95 bits per heavy atom. The van der Waals surface area contributed by atoms with Crippen LogP contribution in [0.5, 0.6) is 0 Å². The van der Waals surface area contributed by atoms with Crippen LogP contribution < -0.4 is 10.6 Å². The van der Waals surface area contributed by atoms with Gasteiger partial charge in [-0.05, 0) is 55.0 Å². The maximum Gasteiger partial charge on any atom is 0.170 e. The number of aryl methyl sites for hydroxylation is 1. The van der Waals surface area contributed by atoms with Crippen molar-refractivity contribution in [1.29, 1.82) is 0 Å². The van der Waals surface area contributed by atoms with E-state index in [1.54, 1.807) is 17.8 Å². The van der Waals surface area contributed by atoms with Crippen LogP contribution in [0.15, 0.2) is 53.4 Å². The van der Waals surface area contributed by atoms with Gasteiger partial charge in [0, 0.05) is 22.9 Å². The molecule has 0 saturated carbocycles. The lowest BCUT2D eigenvalue weighted by Gasteiger charge is -2.12. The van der Waals surface area contributed by atoms with Gasteiger partial charge >= 0.3 is 0 Å². The minimum atomic E-state index is -0.240. The highest BCUT2D eigenvalue weighted by Gasteiger charge is 2.02. The third kappa shape index (κ3) is 5.36. The SMILES string of the molecule is Cc1cc(F)ccc1NC(=S)NCCSc1ccccc1. The molecule has 5 heteroatoms. The molecule has 0 unspecified atom stereocenters. The molecular weight excluding hydrogens is 303 g/mol. The molecule has 0 heterocycles. The summed E-state index contributed by atoms with van der Waals surface area (Å²) in [6.45, 7) is 2.62. The summed E-state index contributed by atoms with van der Waals surface area (Å²) in [5.74, 6) is 0.685. The highest BCUT2D eigenvalue weighted by Crippen LogP contribution is 2.16. The van der Waals surface area contributed by atoms with Crippen molar-refractivity contribution in [2.75, 3.05) is 17.6 Å². The highest BCUT2D eigenvalue weighted by atomic mass is 32.2. The Balaban J connectivity index is 1.72. The largest absolute Gasteiger partial charge is 0.362 e. The van der Waals surface area contributed by atoms with Crippen molar-refractivity contribution in [1.82, 2.24) is 5.32 Å². The van der Waals surface area contributed by atoms with Crippen LogP contribution in [0.2, 0.25) is 0 Å². The fourth-order valence-corrected chi connectivity index (χ4v) is 2.79. The second-order valence-corrected chi connectivity index (χ2v) is 6.08. The first-order chi connectivity index (χ1) is 10.1. The van der Waals surface area contributed by atoms with E-state index in [1.165, 1.54) is 17.0 Å². The molecule has 0 saturated heterocycles. The number of thioether (sulfide) groups is 1. The molecule has 0 spiro atoms. The molecule has 0 aliphatic rings. The summed E-state index contributed by atoms with van der Waals surface area (Å²) < 4.78 is 13.0. The first-order valence-electron chi connectivity index (χ1n) is 6.64. The molecule has 0 atom stereocenters. The molecule has 2 aromatic rings. The summed E-state index contributed by atoms with van der Waals surface area (Å²) in [7, 11) is 0. The normalized spacial score (nSPS) is 10.2. The van der Waals surface area contributed by atoms with E-state index in [-0.39, 0.29) is 5.82 Å². The highest BCUT2D eigenvalue weighted by molar-refractivity contribution is 7.99. The molecule has 0 amide bonds. The Labute approximate surface area is 134 Å². The Bertz CT molecular complexity index is 602. The Kier molecular flexibility index (Phi) is 6.02. The zero-order valence-electron chi connectivity index (χ0n) is 11.7. The van der Waals surface area contributed by atoms with Crippen LogP contribution in [0.4, 0.5) is 10.1 Å². The molecule has 0 bridgehead atoms. The minimum absolute atomic E-state index is 0.240. The number of benzene rings is 2. The lowest BCUT2D eigenvalue weighted by atomic mass is 10.2. The van der Waals surface area contributed by atoms with Crippen molar-refractivity contribution in [2.24, 2.45) is 0 Å². The van der Waals surface area contributed by atoms with Crippen molar-refractivity contribution in [3.8, 4) is 0 Å². The first kappa shape index (κ1) is 15.8. The summed E-state index contributed by atoms with van der Waals surface area (Å²) in [4.78, 5) is 1.24. The van der Waals surface area contributed by atoms with Crippen LogP contribution >= 0.6 is 24.0 Å². The standard InChI is InChI=1S/C16H17FN2S2/c1-12-11-13(17)7-8-15(12)19-16(20)18-9-10-21-14-5-3-2-4-6-14/h2-8,11H,9-10H2,1H3,(H2,18,19,20). The van der Waals surface area contributed by atoms with Gasteiger partial charge in [-0.1, -0.05) is 18.2 Å². The van der Waals surface area contributed by atoms with E-state index in [1.807, 2.05) is 25.1 Å². The van der Waals surface area contributed by atoms with Gasteiger partial charge in [0.15, 0.2) is 5.11 Å². The summed E-state index contributed by atoms with van der Waals surface area (Å²) in [5, 5.41) is 6.78. The van der Waals surface area contributed by atoms with Crippen LogP contribution in [-0.4, -0.2) is 17.4 Å². The lowest BCUT2D eigenvalue weighted by molar-refractivity contribution is 0.627. The predicted molar refractivity (Wildman–Crippen MR) is 92.5 cm³/mol. The monoisotopic (exact) mass is 320 g/mol. The Morgan fingerprint density at radius 1 is 1.19 bits per heavy atom. The number of halogens is 1. The third-order valence-corrected chi connectivity index (χ3v) is 4.10. The molecule has 0 aliphatic heterocycles. The maximum absolute atomic E-state index is 13.0. The molecule has 0 aromatic heterocycles. The van der Waals surface area contributed by atoms with E-state index in [4.69, 9.17) is 12.2 Å². The van der Waals surface area contributed by atoms with E-state index in [9.17, 15) is 4.39 Å². The van der Waals surface area contributed by atoms with Crippen molar-refractivity contribution in [3.63, 3.8) is 0 Å². The zero-order valence-corrected chi connectivity index (χ0v) is 13.4. The number of nitrogens with one attached hydrogen (secondary N) is 2.